The Labute approximate surface area is 197 Å². The Morgan fingerprint density at radius 2 is 1.82 bits per heavy atom. The molecular weight excluding hydrogens is 430 g/mol. The lowest BCUT2D eigenvalue weighted by molar-refractivity contribution is -0.121. The van der Waals surface area contributed by atoms with E-state index in [4.69, 9.17) is 4.98 Å². The first-order chi connectivity index (χ1) is 16.0. The van der Waals surface area contributed by atoms with Gasteiger partial charge in [-0.1, -0.05) is 59.8 Å². The number of fused-ring (bicyclic) bond motifs is 1. The molecule has 6 heteroatoms. The molecule has 1 aliphatic heterocycles. The van der Waals surface area contributed by atoms with Gasteiger partial charge in [0.25, 0.3) is 0 Å². The fourth-order valence-corrected chi connectivity index (χ4v) is 5.72. The highest BCUT2D eigenvalue weighted by Gasteiger charge is 2.41. The summed E-state index contributed by atoms with van der Waals surface area (Å²) in [7, 11) is 0. The van der Waals surface area contributed by atoms with Gasteiger partial charge in [-0.3, -0.25) is 9.59 Å². The van der Waals surface area contributed by atoms with Gasteiger partial charge < -0.3 is 0 Å². The first-order valence-corrected chi connectivity index (χ1v) is 12.0. The van der Waals surface area contributed by atoms with Gasteiger partial charge in [0.15, 0.2) is 0 Å². The lowest BCUT2D eigenvalue weighted by Crippen LogP contribution is -2.31. The summed E-state index contributed by atoms with van der Waals surface area (Å²) in [5.74, 6) is -0.0485. The van der Waals surface area contributed by atoms with Crippen molar-refractivity contribution in [2.75, 3.05) is 4.90 Å². The van der Waals surface area contributed by atoms with E-state index in [1.165, 1.54) is 22.2 Å². The van der Waals surface area contributed by atoms with E-state index in [1.807, 2.05) is 31.2 Å². The van der Waals surface area contributed by atoms with Crippen LogP contribution in [0.2, 0.25) is 0 Å². The van der Waals surface area contributed by atoms with E-state index in [-0.39, 0.29) is 18.2 Å². The number of hydrogen-bond donors (Lipinski definition) is 0. The van der Waals surface area contributed by atoms with E-state index in [2.05, 4.69) is 30.3 Å². The summed E-state index contributed by atoms with van der Waals surface area (Å²) in [6.07, 6.45) is 2.80. The highest BCUT2D eigenvalue weighted by atomic mass is 32.2. The predicted octanol–water partition coefficient (Wildman–Crippen LogP) is 4.96. The molecule has 5 rings (SSSR count). The maximum Gasteiger partial charge on any atom is 0.247 e. The topological polar surface area (TPSA) is 74.1 Å². The quantitative estimate of drug-likeness (QED) is 0.522. The summed E-state index contributed by atoms with van der Waals surface area (Å²) in [5, 5.41) is 9.76. The van der Waals surface area contributed by atoms with Crippen molar-refractivity contribution in [3.05, 3.63) is 88.6 Å². The molecule has 1 saturated heterocycles. The fourth-order valence-electron chi connectivity index (χ4n) is 4.62. The van der Waals surface area contributed by atoms with E-state index < -0.39 is 5.25 Å². The molecule has 2 aromatic carbocycles. The molecule has 2 aliphatic rings. The Kier molecular flexibility index (Phi) is 5.74. The lowest BCUT2D eigenvalue weighted by Gasteiger charge is -2.25. The van der Waals surface area contributed by atoms with Crippen LogP contribution in [0.4, 0.5) is 5.69 Å². The number of rotatable bonds is 4. The Balaban J connectivity index is 1.37. The van der Waals surface area contributed by atoms with Gasteiger partial charge >= 0.3 is 0 Å². The molecule has 0 radical (unpaired) electrons. The van der Waals surface area contributed by atoms with E-state index >= 15 is 0 Å². The van der Waals surface area contributed by atoms with Crippen molar-refractivity contribution in [1.82, 2.24) is 4.98 Å². The van der Waals surface area contributed by atoms with Crippen LogP contribution in [-0.2, 0) is 22.4 Å². The number of anilines is 1. The standard InChI is InChI=1S/C27H23N3O2S/c1-17-7-10-22(11-8-17)30-25(31)15-24(27(30)32)33-26-21(16-28)14-20-13-19(9-12-23(20)29-26)18-5-3-2-4-6-18/h2-8,10-11,14,19,24H,9,12-13,15H2,1H3. The maximum absolute atomic E-state index is 13.1. The van der Waals surface area contributed by atoms with Crippen molar-refractivity contribution < 1.29 is 9.59 Å². The van der Waals surface area contributed by atoms with Gasteiger partial charge in [-0.2, -0.15) is 5.26 Å². The second kappa shape index (κ2) is 8.84. The monoisotopic (exact) mass is 453 g/mol. The average Bonchev–Trinajstić information content (AvgIpc) is 3.12. The molecule has 2 unspecified atom stereocenters. The van der Waals surface area contributed by atoms with Crippen molar-refractivity contribution in [1.29, 1.82) is 5.26 Å². The molecule has 0 spiro atoms. The molecule has 1 aliphatic carbocycles. The van der Waals surface area contributed by atoms with E-state index in [0.717, 1.165) is 36.1 Å². The first-order valence-electron chi connectivity index (χ1n) is 11.1. The zero-order chi connectivity index (χ0) is 22.9. The molecule has 3 aromatic rings. The van der Waals surface area contributed by atoms with Crippen molar-refractivity contribution in [3.8, 4) is 6.07 Å². The van der Waals surface area contributed by atoms with Crippen LogP contribution in [0.15, 0.2) is 65.7 Å². The molecule has 0 saturated carbocycles. The molecule has 33 heavy (non-hydrogen) atoms. The Hall–Kier alpha value is -3.43. The Bertz CT molecular complexity index is 1270. The van der Waals surface area contributed by atoms with Gasteiger partial charge in [0, 0.05) is 12.1 Å². The van der Waals surface area contributed by atoms with Crippen LogP contribution in [0.3, 0.4) is 0 Å². The van der Waals surface area contributed by atoms with Crippen LogP contribution in [-0.4, -0.2) is 22.0 Å². The van der Waals surface area contributed by atoms with Gasteiger partial charge in [0.1, 0.15) is 11.1 Å². The smallest absolute Gasteiger partial charge is 0.247 e. The minimum absolute atomic E-state index is 0.108. The number of hydrogen-bond acceptors (Lipinski definition) is 5. The number of nitrogens with zero attached hydrogens (tertiary/aromatic N) is 3. The fraction of sp³-hybridized carbons (Fsp3) is 0.259. The third-order valence-electron chi connectivity index (χ3n) is 6.39. The molecule has 1 fully saturated rings. The number of carbonyl (C=O) groups excluding carboxylic acids is 2. The molecular formula is C27H23N3O2S. The molecule has 2 heterocycles. The Morgan fingerprint density at radius 1 is 1.06 bits per heavy atom. The predicted molar refractivity (Wildman–Crippen MR) is 128 cm³/mol. The van der Waals surface area contributed by atoms with Crippen molar-refractivity contribution >= 4 is 29.3 Å². The average molecular weight is 454 g/mol. The molecule has 0 N–H and O–H groups in total. The van der Waals surface area contributed by atoms with Crippen molar-refractivity contribution in [2.45, 2.75) is 48.8 Å². The largest absolute Gasteiger partial charge is 0.274 e. The zero-order valence-electron chi connectivity index (χ0n) is 18.3. The second-order valence-electron chi connectivity index (χ2n) is 8.62. The number of benzene rings is 2. The van der Waals surface area contributed by atoms with Crippen molar-refractivity contribution in [3.63, 3.8) is 0 Å². The zero-order valence-corrected chi connectivity index (χ0v) is 19.1. The summed E-state index contributed by atoms with van der Waals surface area (Å²) in [6.45, 7) is 1.96. The highest BCUT2D eigenvalue weighted by Crippen LogP contribution is 2.38. The summed E-state index contributed by atoms with van der Waals surface area (Å²) in [4.78, 5) is 31.8. The molecule has 164 valence electrons. The van der Waals surface area contributed by atoms with E-state index in [1.54, 1.807) is 12.1 Å². The second-order valence-corrected chi connectivity index (χ2v) is 9.81. The molecule has 2 atom stereocenters. The molecule has 0 bridgehead atoms. The van der Waals surface area contributed by atoms with Crippen molar-refractivity contribution in [2.24, 2.45) is 0 Å². The number of carbonyl (C=O) groups is 2. The van der Waals surface area contributed by atoms with Crippen LogP contribution in [0.5, 0.6) is 0 Å². The number of thioether (sulfide) groups is 1. The van der Waals surface area contributed by atoms with Crippen LogP contribution < -0.4 is 4.90 Å². The van der Waals surface area contributed by atoms with Gasteiger partial charge in [-0.25, -0.2) is 9.88 Å². The van der Waals surface area contributed by atoms with E-state index in [9.17, 15) is 14.9 Å². The van der Waals surface area contributed by atoms with Gasteiger partial charge in [0.05, 0.1) is 16.5 Å². The van der Waals surface area contributed by atoms with Crippen LogP contribution >= 0.6 is 11.8 Å². The maximum atomic E-state index is 13.1. The summed E-state index contributed by atoms with van der Waals surface area (Å²) >= 11 is 1.24. The van der Waals surface area contributed by atoms with Crippen LogP contribution in [0.1, 0.15) is 46.7 Å². The number of aryl methyl sites for hydroxylation is 2. The molecule has 5 nitrogen and oxygen atoms in total. The number of amides is 2. The normalized spacial score (nSPS) is 19.9. The third kappa shape index (κ3) is 4.17. The first kappa shape index (κ1) is 21.4. The number of imide groups is 1. The summed E-state index contributed by atoms with van der Waals surface area (Å²) in [5.41, 5.74) is 5.54. The lowest BCUT2D eigenvalue weighted by atomic mass is 9.82. The number of nitriles is 1. The van der Waals surface area contributed by atoms with Gasteiger partial charge in [-0.15, -0.1) is 0 Å². The minimum atomic E-state index is -0.572. The SMILES string of the molecule is Cc1ccc(N2C(=O)CC(Sc3nc4c(cc3C#N)CC(c3ccccc3)CC4)C2=O)cc1. The number of aromatic nitrogens is 1. The van der Waals surface area contributed by atoms with Gasteiger partial charge in [-0.05, 0) is 61.4 Å². The minimum Gasteiger partial charge on any atom is -0.274 e. The number of pyridine rings is 1. The summed E-state index contributed by atoms with van der Waals surface area (Å²) in [6, 6.07) is 22.0. The molecule has 1 aromatic heterocycles. The highest BCUT2D eigenvalue weighted by molar-refractivity contribution is 8.00. The van der Waals surface area contributed by atoms with Gasteiger partial charge in [0.2, 0.25) is 11.8 Å². The molecule has 2 amide bonds. The summed E-state index contributed by atoms with van der Waals surface area (Å²) < 4.78 is 0. The third-order valence-corrected chi connectivity index (χ3v) is 7.58. The van der Waals surface area contributed by atoms with Crippen LogP contribution in [0.25, 0.3) is 0 Å². The van der Waals surface area contributed by atoms with Crippen LogP contribution in [0, 0.1) is 18.3 Å². The van der Waals surface area contributed by atoms with E-state index in [0.29, 0.717) is 22.2 Å². The Morgan fingerprint density at radius 3 is 2.55 bits per heavy atom.